The Morgan fingerprint density at radius 1 is 1.10 bits per heavy atom. The van der Waals surface area contributed by atoms with Crippen LogP contribution in [-0.4, -0.2) is 26.1 Å². The molecule has 2 aromatic carbocycles. The summed E-state index contributed by atoms with van der Waals surface area (Å²) in [6.45, 7) is 4.19. The summed E-state index contributed by atoms with van der Waals surface area (Å²) >= 11 is 0. The van der Waals surface area contributed by atoms with Crippen molar-refractivity contribution in [2.75, 3.05) is 25.0 Å². The van der Waals surface area contributed by atoms with Gasteiger partial charge < -0.3 is 15.5 Å². The predicted octanol–water partition coefficient (Wildman–Crippen LogP) is 4.51. The molecule has 0 saturated heterocycles. The van der Waals surface area contributed by atoms with Crippen LogP contribution in [0.5, 0.6) is 0 Å². The summed E-state index contributed by atoms with van der Waals surface area (Å²) in [5.41, 5.74) is 2.16. The maximum Gasteiger partial charge on any atom is 0.416 e. The first-order valence-electron chi connectivity index (χ1n) is 9.50. The predicted molar refractivity (Wildman–Crippen MR) is 111 cm³/mol. The topological polar surface area (TPSA) is 39.7 Å². The second-order valence-corrected chi connectivity index (χ2v) is 6.96. The van der Waals surface area contributed by atoms with Gasteiger partial charge in [-0.1, -0.05) is 36.4 Å². The quantitative estimate of drug-likeness (QED) is 0.439. The maximum absolute atomic E-state index is 12.9. The molecule has 3 rings (SSSR count). The summed E-state index contributed by atoms with van der Waals surface area (Å²) < 4.78 is 38.8. The molecule has 1 heterocycles. The van der Waals surface area contributed by atoms with Crippen molar-refractivity contribution in [3.8, 4) is 0 Å². The number of halogens is 3. The lowest BCUT2D eigenvalue weighted by Crippen LogP contribution is -2.38. The van der Waals surface area contributed by atoms with Gasteiger partial charge in [-0.15, -0.1) is 0 Å². The van der Waals surface area contributed by atoms with Crippen LogP contribution >= 0.6 is 0 Å². The first-order chi connectivity index (χ1) is 13.9. The fraction of sp³-hybridized carbons (Fsp3) is 0.318. The van der Waals surface area contributed by atoms with Crippen molar-refractivity contribution in [3.63, 3.8) is 0 Å². The van der Waals surface area contributed by atoms with Crippen molar-refractivity contribution in [2.24, 2.45) is 4.99 Å². The molecular weight excluding hydrogens is 377 g/mol. The van der Waals surface area contributed by atoms with Crippen LogP contribution in [0.15, 0.2) is 65.7 Å². The zero-order valence-electron chi connectivity index (χ0n) is 16.5. The molecule has 0 aliphatic carbocycles. The van der Waals surface area contributed by atoms with Crippen LogP contribution < -0.4 is 15.5 Å². The number of nitrogens with one attached hydrogen (secondary N) is 2. The zero-order valence-corrected chi connectivity index (χ0v) is 16.5. The summed E-state index contributed by atoms with van der Waals surface area (Å²) in [6.07, 6.45) is -0.0662. The standard InChI is InChI=1S/C22H25F3N4/c1-16(18-8-6-9-19(14-18)22(23,24)25)28-21(26-2)27-15-17-7-5-10-20(13-17)29-11-3-4-12-29/h3-10,13-14,16H,11-12,15H2,1-2H3,(H2,26,27,28). The zero-order chi connectivity index (χ0) is 20.9. The molecule has 0 bridgehead atoms. The van der Waals surface area contributed by atoms with Gasteiger partial charge in [-0.3, -0.25) is 4.99 Å². The van der Waals surface area contributed by atoms with Gasteiger partial charge in [-0.05, 0) is 42.3 Å². The van der Waals surface area contributed by atoms with E-state index in [4.69, 9.17) is 0 Å². The Morgan fingerprint density at radius 2 is 1.83 bits per heavy atom. The van der Waals surface area contributed by atoms with E-state index in [1.165, 1.54) is 12.1 Å². The second-order valence-electron chi connectivity index (χ2n) is 6.96. The van der Waals surface area contributed by atoms with Gasteiger partial charge in [0.25, 0.3) is 0 Å². The van der Waals surface area contributed by atoms with Gasteiger partial charge in [0.1, 0.15) is 0 Å². The normalized spacial score (nSPS) is 15.5. The van der Waals surface area contributed by atoms with Gasteiger partial charge in [0.2, 0.25) is 0 Å². The van der Waals surface area contributed by atoms with Crippen molar-refractivity contribution in [1.82, 2.24) is 10.6 Å². The van der Waals surface area contributed by atoms with E-state index >= 15 is 0 Å². The third kappa shape index (κ3) is 5.53. The van der Waals surface area contributed by atoms with E-state index in [1.807, 2.05) is 19.1 Å². The van der Waals surface area contributed by atoms with Crippen molar-refractivity contribution in [1.29, 1.82) is 0 Å². The number of hydrogen-bond donors (Lipinski definition) is 2. The first kappa shape index (κ1) is 20.8. The molecular formula is C22H25F3N4. The van der Waals surface area contributed by atoms with Gasteiger partial charge in [0.05, 0.1) is 11.6 Å². The molecule has 0 spiro atoms. The van der Waals surface area contributed by atoms with Crippen molar-refractivity contribution >= 4 is 11.6 Å². The van der Waals surface area contributed by atoms with Crippen LogP contribution in [0.2, 0.25) is 0 Å². The fourth-order valence-electron chi connectivity index (χ4n) is 3.21. The Bertz CT molecular complexity index is 882. The number of hydrogen-bond acceptors (Lipinski definition) is 2. The van der Waals surface area contributed by atoms with Gasteiger partial charge >= 0.3 is 6.18 Å². The Labute approximate surface area is 169 Å². The van der Waals surface area contributed by atoms with E-state index in [2.05, 4.69) is 44.8 Å². The summed E-state index contributed by atoms with van der Waals surface area (Å²) in [4.78, 5) is 6.46. The number of aliphatic imine (C=N–C) groups is 1. The molecule has 1 aliphatic heterocycles. The molecule has 0 aromatic heterocycles. The molecule has 1 unspecified atom stereocenters. The minimum atomic E-state index is -4.36. The molecule has 154 valence electrons. The van der Waals surface area contributed by atoms with Gasteiger partial charge in [-0.25, -0.2) is 0 Å². The largest absolute Gasteiger partial charge is 0.416 e. The Hall–Kier alpha value is -2.96. The molecule has 0 fully saturated rings. The van der Waals surface area contributed by atoms with Crippen molar-refractivity contribution < 1.29 is 13.2 Å². The highest BCUT2D eigenvalue weighted by Gasteiger charge is 2.30. The number of guanidine groups is 1. The highest BCUT2D eigenvalue weighted by atomic mass is 19.4. The lowest BCUT2D eigenvalue weighted by atomic mass is 10.1. The minimum absolute atomic E-state index is 0.328. The number of alkyl halides is 3. The summed E-state index contributed by atoms with van der Waals surface area (Å²) in [6, 6.07) is 13.3. The molecule has 7 heteroatoms. The lowest BCUT2D eigenvalue weighted by Gasteiger charge is -2.20. The highest BCUT2D eigenvalue weighted by Crippen LogP contribution is 2.30. The van der Waals surface area contributed by atoms with Crippen molar-refractivity contribution in [3.05, 3.63) is 77.4 Å². The molecule has 29 heavy (non-hydrogen) atoms. The van der Waals surface area contributed by atoms with Crippen LogP contribution in [0.4, 0.5) is 18.9 Å². The molecule has 4 nitrogen and oxygen atoms in total. The van der Waals surface area contributed by atoms with E-state index in [0.717, 1.165) is 30.4 Å². The molecule has 0 amide bonds. The van der Waals surface area contributed by atoms with E-state index in [0.29, 0.717) is 18.1 Å². The summed E-state index contributed by atoms with van der Waals surface area (Å²) in [7, 11) is 1.64. The number of benzene rings is 2. The minimum Gasteiger partial charge on any atom is -0.364 e. The van der Waals surface area contributed by atoms with Crippen molar-refractivity contribution in [2.45, 2.75) is 25.7 Å². The molecule has 0 saturated carbocycles. The number of rotatable bonds is 5. The molecule has 2 N–H and O–H groups in total. The van der Waals surface area contributed by atoms with E-state index in [9.17, 15) is 13.2 Å². The summed E-state index contributed by atoms with van der Waals surface area (Å²) in [5.74, 6) is 0.531. The van der Waals surface area contributed by atoms with E-state index < -0.39 is 11.7 Å². The molecule has 0 radical (unpaired) electrons. The average molecular weight is 402 g/mol. The summed E-state index contributed by atoms with van der Waals surface area (Å²) in [5, 5.41) is 6.38. The fourth-order valence-corrected chi connectivity index (χ4v) is 3.21. The maximum atomic E-state index is 12.9. The van der Waals surface area contributed by atoms with Crippen LogP contribution in [-0.2, 0) is 12.7 Å². The third-order valence-corrected chi connectivity index (χ3v) is 4.84. The van der Waals surface area contributed by atoms with Crippen LogP contribution in [0.3, 0.4) is 0 Å². The second kappa shape index (κ2) is 9.03. The SMILES string of the molecule is CN=C(NCc1cccc(N2CC=CC2)c1)NC(C)c1cccc(C(F)(F)F)c1. The number of anilines is 1. The Kier molecular flexibility index (Phi) is 6.46. The molecule has 1 atom stereocenters. The van der Waals surface area contributed by atoms with E-state index in [-0.39, 0.29) is 6.04 Å². The number of nitrogens with zero attached hydrogens (tertiary/aromatic N) is 2. The Balaban J connectivity index is 1.60. The molecule has 2 aromatic rings. The lowest BCUT2D eigenvalue weighted by molar-refractivity contribution is -0.137. The monoisotopic (exact) mass is 402 g/mol. The van der Waals surface area contributed by atoms with Crippen LogP contribution in [0.1, 0.15) is 29.7 Å². The van der Waals surface area contributed by atoms with E-state index in [1.54, 1.807) is 13.1 Å². The first-order valence-corrected chi connectivity index (χ1v) is 9.50. The van der Waals surface area contributed by atoms with Crippen LogP contribution in [0.25, 0.3) is 0 Å². The van der Waals surface area contributed by atoms with Gasteiger partial charge in [0, 0.05) is 32.4 Å². The van der Waals surface area contributed by atoms with Gasteiger partial charge in [-0.2, -0.15) is 13.2 Å². The Morgan fingerprint density at radius 3 is 2.52 bits per heavy atom. The smallest absolute Gasteiger partial charge is 0.364 e. The van der Waals surface area contributed by atoms with Crippen LogP contribution in [0, 0.1) is 0 Å². The molecule has 1 aliphatic rings. The average Bonchev–Trinajstić information content (AvgIpc) is 3.25. The third-order valence-electron chi connectivity index (χ3n) is 4.84. The van der Waals surface area contributed by atoms with Gasteiger partial charge in [0.15, 0.2) is 5.96 Å². The highest BCUT2D eigenvalue weighted by molar-refractivity contribution is 5.80.